The molecule has 102 valence electrons. The van der Waals surface area contributed by atoms with Gasteiger partial charge in [0, 0.05) is 20.0 Å². The van der Waals surface area contributed by atoms with Crippen LogP contribution in [0.3, 0.4) is 0 Å². The van der Waals surface area contributed by atoms with Gasteiger partial charge >= 0.3 is 0 Å². The third-order valence-electron chi connectivity index (χ3n) is 4.02. The first kappa shape index (κ1) is 12.3. The molecule has 2 saturated heterocycles. The predicted octanol–water partition coefficient (Wildman–Crippen LogP) is 0.287. The number of rotatable bonds is 2. The zero-order valence-corrected chi connectivity index (χ0v) is 10.5. The molecule has 0 aromatic carbocycles. The van der Waals surface area contributed by atoms with E-state index in [-0.39, 0.29) is 6.10 Å². The van der Waals surface area contributed by atoms with Crippen molar-refractivity contribution in [3.05, 3.63) is 0 Å². The SMILES string of the molecule is CO[C@H]1[C@H]2OC3(CCCCC3)O[C@H]2O[C@H]1C(N)=O. The highest BCUT2D eigenvalue weighted by Crippen LogP contribution is 2.45. The van der Waals surface area contributed by atoms with E-state index in [1.807, 2.05) is 0 Å². The molecule has 18 heavy (non-hydrogen) atoms. The van der Waals surface area contributed by atoms with Crippen LogP contribution in [0.4, 0.5) is 0 Å². The van der Waals surface area contributed by atoms with Gasteiger partial charge in [0.15, 0.2) is 18.2 Å². The second-order valence-electron chi connectivity index (χ2n) is 5.20. The normalized spacial score (nSPS) is 42.1. The second kappa shape index (κ2) is 4.45. The summed E-state index contributed by atoms with van der Waals surface area (Å²) >= 11 is 0. The van der Waals surface area contributed by atoms with Crippen LogP contribution >= 0.6 is 0 Å². The summed E-state index contributed by atoms with van der Waals surface area (Å²) in [6.07, 6.45) is 2.99. The third kappa shape index (κ3) is 1.84. The molecule has 1 spiro atoms. The van der Waals surface area contributed by atoms with Gasteiger partial charge in [0.2, 0.25) is 5.91 Å². The minimum absolute atomic E-state index is 0.356. The van der Waals surface area contributed by atoms with Gasteiger partial charge in [-0.2, -0.15) is 0 Å². The summed E-state index contributed by atoms with van der Waals surface area (Å²) in [6.45, 7) is 0. The Kier molecular flexibility index (Phi) is 3.05. The van der Waals surface area contributed by atoms with E-state index in [1.54, 1.807) is 0 Å². The zero-order chi connectivity index (χ0) is 12.8. The first-order valence-corrected chi connectivity index (χ1v) is 6.48. The molecule has 3 rings (SSSR count). The average Bonchev–Trinajstić information content (AvgIpc) is 2.83. The molecule has 4 atom stereocenters. The molecule has 6 heteroatoms. The summed E-state index contributed by atoms with van der Waals surface area (Å²) in [6, 6.07) is 0. The number of ether oxygens (including phenoxy) is 4. The van der Waals surface area contributed by atoms with Crippen molar-refractivity contribution in [3.63, 3.8) is 0 Å². The Morgan fingerprint density at radius 2 is 2.00 bits per heavy atom. The van der Waals surface area contributed by atoms with Crippen LogP contribution in [-0.2, 0) is 23.7 Å². The Morgan fingerprint density at radius 1 is 1.28 bits per heavy atom. The van der Waals surface area contributed by atoms with Gasteiger partial charge in [0.25, 0.3) is 0 Å². The Bertz CT molecular complexity index is 341. The van der Waals surface area contributed by atoms with Gasteiger partial charge < -0.3 is 24.7 Å². The monoisotopic (exact) mass is 257 g/mol. The van der Waals surface area contributed by atoms with Gasteiger partial charge in [-0.25, -0.2) is 0 Å². The van der Waals surface area contributed by atoms with Gasteiger partial charge in [0.05, 0.1) is 0 Å². The van der Waals surface area contributed by atoms with Crippen LogP contribution in [-0.4, -0.2) is 43.4 Å². The van der Waals surface area contributed by atoms with Crippen LogP contribution in [0.5, 0.6) is 0 Å². The van der Waals surface area contributed by atoms with Gasteiger partial charge in [0.1, 0.15) is 12.2 Å². The van der Waals surface area contributed by atoms with Crippen molar-refractivity contribution in [2.45, 2.75) is 62.5 Å². The molecule has 1 aliphatic carbocycles. The summed E-state index contributed by atoms with van der Waals surface area (Å²) < 4.78 is 22.7. The van der Waals surface area contributed by atoms with E-state index >= 15 is 0 Å². The molecule has 0 radical (unpaired) electrons. The highest BCUT2D eigenvalue weighted by atomic mass is 16.8. The lowest BCUT2D eigenvalue weighted by Crippen LogP contribution is -2.44. The molecule has 2 N–H and O–H groups in total. The van der Waals surface area contributed by atoms with E-state index < -0.39 is 30.2 Å². The summed E-state index contributed by atoms with van der Waals surface area (Å²) in [5, 5.41) is 0. The van der Waals surface area contributed by atoms with Crippen LogP contribution in [0.2, 0.25) is 0 Å². The smallest absolute Gasteiger partial charge is 0.249 e. The van der Waals surface area contributed by atoms with E-state index in [1.165, 1.54) is 13.5 Å². The van der Waals surface area contributed by atoms with Gasteiger partial charge in [-0.15, -0.1) is 0 Å². The van der Waals surface area contributed by atoms with Gasteiger partial charge in [-0.3, -0.25) is 4.79 Å². The molecule has 3 aliphatic rings. The summed E-state index contributed by atoms with van der Waals surface area (Å²) in [5.41, 5.74) is 5.28. The molecular weight excluding hydrogens is 238 g/mol. The number of primary amides is 1. The maximum Gasteiger partial charge on any atom is 0.249 e. The van der Waals surface area contributed by atoms with Crippen molar-refractivity contribution in [3.8, 4) is 0 Å². The molecule has 6 nitrogen and oxygen atoms in total. The lowest BCUT2D eigenvalue weighted by molar-refractivity contribution is -0.245. The topological polar surface area (TPSA) is 80.0 Å². The highest BCUT2D eigenvalue weighted by molar-refractivity contribution is 5.80. The number of carbonyl (C=O) groups excluding carboxylic acids is 1. The van der Waals surface area contributed by atoms with Gasteiger partial charge in [-0.05, 0) is 12.8 Å². The molecule has 1 amide bonds. The fourth-order valence-corrected chi connectivity index (χ4v) is 3.14. The van der Waals surface area contributed by atoms with Crippen LogP contribution in [0.1, 0.15) is 32.1 Å². The maximum absolute atomic E-state index is 11.3. The standard InChI is InChI=1S/C12H19NO5/c1-15-7-8(10(13)14)16-11-9(7)17-12(18-11)5-3-2-4-6-12/h7-9,11H,2-6H2,1H3,(H2,13,14)/t7-,8-,9-,11-/m1/s1. The Labute approximate surface area is 106 Å². The van der Waals surface area contributed by atoms with E-state index in [0.717, 1.165) is 25.7 Å². The summed E-state index contributed by atoms with van der Waals surface area (Å²) in [4.78, 5) is 11.3. The fraction of sp³-hybridized carbons (Fsp3) is 0.917. The van der Waals surface area contributed by atoms with E-state index in [9.17, 15) is 4.79 Å². The lowest BCUT2D eigenvalue weighted by atomic mass is 9.94. The third-order valence-corrected chi connectivity index (χ3v) is 4.02. The van der Waals surface area contributed by atoms with Crippen molar-refractivity contribution in [1.82, 2.24) is 0 Å². The van der Waals surface area contributed by atoms with Crippen molar-refractivity contribution in [2.75, 3.05) is 7.11 Å². The molecule has 2 aliphatic heterocycles. The number of carbonyl (C=O) groups is 1. The first-order chi connectivity index (χ1) is 8.65. The highest BCUT2D eigenvalue weighted by Gasteiger charge is 2.59. The van der Waals surface area contributed by atoms with Crippen LogP contribution in [0.15, 0.2) is 0 Å². The largest absolute Gasteiger partial charge is 0.375 e. The van der Waals surface area contributed by atoms with Crippen LogP contribution in [0.25, 0.3) is 0 Å². The number of fused-ring (bicyclic) bond motifs is 1. The number of hydrogen-bond acceptors (Lipinski definition) is 5. The second-order valence-corrected chi connectivity index (χ2v) is 5.20. The zero-order valence-electron chi connectivity index (χ0n) is 10.5. The average molecular weight is 257 g/mol. The summed E-state index contributed by atoms with van der Waals surface area (Å²) in [5.74, 6) is -1.08. The molecule has 0 aromatic rings. The number of hydrogen-bond donors (Lipinski definition) is 1. The van der Waals surface area contributed by atoms with Crippen molar-refractivity contribution in [2.24, 2.45) is 5.73 Å². The molecule has 2 heterocycles. The van der Waals surface area contributed by atoms with E-state index in [0.29, 0.717) is 0 Å². The molecule has 0 aromatic heterocycles. The quantitative estimate of drug-likeness (QED) is 0.769. The number of nitrogens with two attached hydrogens (primary N) is 1. The molecule has 3 fully saturated rings. The Balaban J connectivity index is 1.75. The van der Waals surface area contributed by atoms with Crippen LogP contribution < -0.4 is 5.73 Å². The molecule has 0 unspecified atom stereocenters. The lowest BCUT2D eigenvalue weighted by Gasteiger charge is -2.33. The van der Waals surface area contributed by atoms with E-state index in [2.05, 4.69) is 0 Å². The Hall–Kier alpha value is -0.690. The first-order valence-electron chi connectivity index (χ1n) is 6.48. The van der Waals surface area contributed by atoms with Crippen LogP contribution in [0, 0.1) is 0 Å². The summed E-state index contributed by atoms with van der Waals surface area (Å²) in [7, 11) is 1.53. The molecule has 1 saturated carbocycles. The number of methoxy groups -OCH3 is 1. The maximum atomic E-state index is 11.3. The molecular formula is C12H19NO5. The fourth-order valence-electron chi connectivity index (χ4n) is 3.14. The van der Waals surface area contributed by atoms with E-state index in [4.69, 9.17) is 24.7 Å². The van der Waals surface area contributed by atoms with Gasteiger partial charge in [-0.1, -0.05) is 6.42 Å². The van der Waals surface area contributed by atoms with Crippen molar-refractivity contribution in [1.29, 1.82) is 0 Å². The van der Waals surface area contributed by atoms with Crippen molar-refractivity contribution >= 4 is 5.91 Å². The Morgan fingerprint density at radius 3 is 2.61 bits per heavy atom. The number of amides is 1. The molecule has 0 bridgehead atoms. The van der Waals surface area contributed by atoms with Crippen molar-refractivity contribution < 1.29 is 23.7 Å². The predicted molar refractivity (Wildman–Crippen MR) is 60.4 cm³/mol. The minimum Gasteiger partial charge on any atom is -0.375 e. The minimum atomic E-state index is -0.786.